The smallest absolute Gasteiger partial charge is 0.254 e. The number of halogens is 1. The van der Waals surface area contributed by atoms with Gasteiger partial charge in [-0.05, 0) is 11.6 Å². The Morgan fingerprint density at radius 2 is 0.628 bits per heavy atom. The molecular formula is C91H81ClN14O15. The van der Waals surface area contributed by atoms with E-state index in [-0.39, 0.29) is 65.9 Å². The first kappa shape index (κ1) is 81.3. The Balaban J connectivity index is 0.000000116. The van der Waals surface area contributed by atoms with Gasteiger partial charge in [0.2, 0.25) is 45.9 Å². The number of aliphatic hydroxyl groups excluding tert-OH is 1. The number of H-pyrrole nitrogens is 2. The first-order chi connectivity index (χ1) is 58.3. The number of morpholine rings is 2. The highest BCUT2D eigenvalue weighted by molar-refractivity contribution is 6.56. The van der Waals surface area contributed by atoms with E-state index in [0.717, 1.165) is 57.3 Å². The molecule has 2 fully saturated rings. The van der Waals surface area contributed by atoms with Gasteiger partial charge in [-0.1, -0.05) is 201 Å². The molecule has 0 spiro atoms. The van der Waals surface area contributed by atoms with Crippen molar-refractivity contribution >= 4 is 86.9 Å². The zero-order valence-corrected chi connectivity index (χ0v) is 68.0. The Kier molecular flexibility index (Phi) is 22.2. The van der Waals surface area contributed by atoms with Crippen LogP contribution in [0.2, 0.25) is 5.28 Å². The number of Topliss-reactive ketones (excluding diaryl/α,β-unsaturated/α-hetero) is 12. The van der Waals surface area contributed by atoms with Crippen LogP contribution in [0.5, 0.6) is 0 Å². The third-order valence-corrected chi connectivity index (χ3v) is 22.4. The van der Waals surface area contributed by atoms with E-state index in [0.29, 0.717) is 156 Å². The summed E-state index contributed by atoms with van der Waals surface area (Å²) in [5.41, 5.74) is 11.2. The molecule has 0 bridgehead atoms. The molecule has 8 aliphatic rings. The minimum Gasteiger partial charge on any atom is -0.395 e. The zero-order chi connectivity index (χ0) is 85.3. The Morgan fingerprint density at radius 3 is 1.03 bits per heavy atom. The number of aliphatic hydroxyl groups is 1. The number of hydrogen-bond acceptors (Lipinski definition) is 23. The minimum absolute atomic E-state index is 0.0574. The number of nitrogens with zero attached hydrogens (tertiary/aromatic N) is 12. The van der Waals surface area contributed by atoms with Crippen LogP contribution in [0.1, 0.15) is 227 Å². The number of aromatic nitrogens is 12. The first-order valence-electron chi connectivity index (χ1n) is 39.9. The van der Waals surface area contributed by atoms with Gasteiger partial charge in [0, 0.05) is 136 Å². The van der Waals surface area contributed by atoms with Crippen molar-refractivity contribution in [2.24, 2.45) is 0 Å². The van der Waals surface area contributed by atoms with Gasteiger partial charge < -0.3 is 47.7 Å². The van der Waals surface area contributed by atoms with Crippen LogP contribution < -0.4 is 4.90 Å². The monoisotopic (exact) mass is 1640 g/mol. The molecule has 30 heteroatoms. The number of ether oxygens (including phenoxy) is 2. The van der Waals surface area contributed by atoms with E-state index in [1.54, 1.807) is 112 Å². The summed E-state index contributed by atoms with van der Waals surface area (Å²) in [5.74, 6) is -2.87. The number of imidazole rings is 6. The number of aromatic amines is 2. The van der Waals surface area contributed by atoms with E-state index in [1.165, 1.54) is 0 Å². The largest absolute Gasteiger partial charge is 0.395 e. The van der Waals surface area contributed by atoms with Crippen LogP contribution in [0.3, 0.4) is 0 Å². The summed E-state index contributed by atoms with van der Waals surface area (Å²) in [6.45, 7) is 23.7. The van der Waals surface area contributed by atoms with E-state index in [2.05, 4.69) is 48.7 Å². The van der Waals surface area contributed by atoms with Crippen LogP contribution in [0.25, 0.3) is 67.5 Å². The third kappa shape index (κ3) is 14.4. The van der Waals surface area contributed by atoms with Crippen LogP contribution in [0.4, 0.5) is 5.95 Å². The first-order valence-corrected chi connectivity index (χ1v) is 40.3. The molecule has 6 aromatic carbocycles. The summed E-state index contributed by atoms with van der Waals surface area (Å²) < 4.78 is 18.0. The number of rotatable bonds is 12. The number of anilines is 1. The third-order valence-electron chi connectivity index (χ3n) is 22.2. The van der Waals surface area contributed by atoms with Crippen molar-refractivity contribution in [2.75, 3.05) is 70.7 Å². The van der Waals surface area contributed by atoms with Crippen LogP contribution >= 0.6 is 11.6 Å². The molecule has 121 heavy (non-hydrogen) atoms. The van der Waals surface area contributed by atoms with Gasteiger partial charge in [0.05, 0.1) is 38.7 Å². The van der Waals surface area contributed by atoms with Gasteiger partial charge in [-0.15, -0.1) is 0 Å². The predicted molar refractivity (Wildman–Crippen MR) is 445 cm³/mol. The maximum atomic E-state index is 13.4. The van der Waals surface area contributed by atoms with Gasteiger partial charge in [-0.2, -0.15) is 0 Å². The van der Waals surface area contributed by atoms with Crippen molar-refractivity contribution in [1.82, 2.24) is 63.0 Å². The maximum absolute atomic E-state index is 13.4. The fraction of sp³-hybridized carbons (Fsp3) is 0.275. The Hall–Kier alpha value is -13.5. The molecule has 612 valence electrons. The molecule has 2 aliphatic heterocycles. The number of benzene rings is 6. The highest BCUT2D eigenvalue weighted by Crippen LogP contribution is 2.43. The fourth-order valence-electron chi connectivity index (χ4n) is 16.4. The number of carbonyl (C=O) groups excluding carboxylic acids is 12. The summed E-state index contributed by atoms with van der Waals surface area (Å²) in [4.78, 5) is 188. The quantitative estimate of drug-likeness (QED) is 0.0956. The summed E-state index contributed by atoms with van der Waals surface area (Å²) >= 11 is 5.70. The maximum Gasteiger partial charge on any atom is 0.254 e. The number of fused-ring (bicyclic) bond motifs is 18. The number of hydrogen-bond donors (Lipinski definition) is 3. The Morgan fingerprint density at radius 1 is 0.322 bits per heavy atom. The van der Waals surface area contributed by atoms with Crippen molar-refractivity contribution in [2.45, 2.75) is 98.8 Å². The molecule has 8 heterocycles. The second kappa shape index (κ2) is 33.0. The highest BCUT2D eigenvalue weighted by Gasteiger charge is 2.43. The molecule has 3 N–H and O–H groups in total. The van der Waals surface area contributed by atoms with Gasteiger partial charge in [-0.3, -0.25) is 62.4 Å². The number of nitrogens with one attached hydrogen (secondary N) is 2. The lowest BCUT2D eigenvalue weighted by Gasteiger charge is -2.27. The summed E-state index contributed by atoms with van der Waals surface area (Å²) in [5, 5.41) is 9.36. The second-order valence-electron chi connectivity index (χ2n) is 31.1. The van der Waals surface area contributed by atoms with Crippen molar-refractivity contribution in [3.8, 4) is 67.5 Å². The van der Waals surface area contributed by atoms with Crippen LogP contribution in [-0.4, -0.2) is 203 Å². The molecule has 6 aliphatic carbocycles. The van der Waals surface area contributed by atoms with Crippen molar-refractivity contribution in [3.63, 3.8) is 0 Å². The van der Waals surface area contributed by atoms with E-state index in [1.807, 2.05) is 98.0 Å². The summed E-state index contributed by atoms with van der Waals surface area (Å²) in [6.07, 6.45) is 0. The predicted octanol–water partition coefficient (Wildman–Crippen LogP) is 12.8. The lowest BCUT2D eigenvalue weighted by atomic mass is 9.90. The normalized spacial score (nSPS) is 15.3. The second-order valence-corrected chi connectivity index (χ2v) is 31.5. The number of carbonyl (C=O) groups is 12. The van der Waals surface area contributed by atoms with Gasteiger partial charge in [0.25, 0.3) is 34.7 Å². The molecule has 2 saturated heterocycles. The van der Waals surface area contributed by atoms with E-state index in [4.69, 9.17) is 31.0 Å². The fourth-order valence-corrected chi connectivity index (χ4v) is 16.6. The topological polar surface area (TPSA) is 379 Å². The van der Waals surface area contributed by atoms with Crippen molar-refractivity contribution in [3.05, 3.63) is 242 Å². The lowest BCUT2D eigenvalue weighted by molar-refractivity contribution is 0.0361. The lowest BCUT2D eigenvalue weighted by Crippen LogP contribution is -2.38. The molecule has 12 aromatic rings. The summed E-state index contributed by atoms with van der Waals surface area (Å²) in [6, 6.07) is 42.2. The summed E-state index contributed by atoms with van der Waals surface area (Å²) in [7, 11) is 0. The van der Waals surface area contributed by atoms with Gasteiger partial charge >= 0.3 is 0 Å². The molecule has 6 aromatic heterocycles. The molecule has 0 atom stereocenters. The standard InChI is InChI=1S/C29H24N4O4.C20H23N3O3.C16H16N2O3.C15H13N3O3.C11H5ClN2O2/c1-14(2)28-30-20-16-9-5-7-11-18(16)25(35)27(37)23(20)33(28)13-32-22-17-10-6-8-12-19(17)24(34)26(36)21(22)31-29(32)15(3)4;1-13(2)20-21-16-14-5-3-4-6-15(14)18(24)19(25)17(16)23(20)8-7-22-9-11-26-12-10-22;1-9(2)16-17-12-10-5-3-4-6-11(10)14(20)15(21)13(12)18(16)7-8-19;19-13-10-4-2-1-3-9(10)11-12(14(13)20)17-15(16-11)18-5-7-21-8-6-18;12-11-13-7-5-3-1-2-4-6(5)9(15)10(16)8(7)14-11/h5-12,14-15H,13H2,1-4H3;3-6,13H,7-12H2,1-2H3;3-6,9,19H,7-8H2,1-2H3;1-4H,5-8H2,(H,16,17);1-4H,(H,13,14). The SMILES string of the molecule is CC(C)c1nc2c(n1CCN1CCOCC1)C(=O)C(=O)c1ccccc1-2.CC(C)c1nc2c(n1CCO)C(=O)C(=O)c1ccccc1-2.CC(C)c1nc2c(n1Cn1c(C(C)C)nc3c1-c1ccccc1C(=O)C3=O)C(=O)C(=O)c1ccccc1-2.O=C1C(=O)c2[nH]c(Cl)nc2-c2ccccc21.O=C1C(=O)c2[nH]c(N3CCOCC3)nc2-c2ccccc21. The minimum atomic E-state index is -0.647. The number of ketones is 12. The molecule has 0 amide bonds. The Bertz CT molecular complexity index is 6380. The average molecular weight is 1650 g/mol. The molecule has 20 rings (SSSR count). The highest BCUT2D eigenvalue weighted by atomic mass is 35.5. The van der Waals surface area contributed by atoms with Crippen molar-refractivity contribution in [1.29, 1.82) is 0 Å². The molecule has 0 radical (unpaired) electrons. The zero-order valence-electron chi connectivity index (χ0n) is 67.3. The van der Waals surface area contributed by atoms with E-state index in [9.17, 15) is 62.6 Å². The van der Waals surface area contributed by atoms with Gasteiger partial charge in [0.1, 0.15) is 92.6 Å². The molecular weight excluding hydrogens is 1560 g/mol. The van der Waals surface area contributed by atoms with E-state index >= 15 is 0 Å². The van der Waals surface area contributed by atoms with Gasteiger partial charge in [-0.25, -0.2) is 29.9 Å². The van der Waals surface area contributed by atoms with E-state index < -0.39 is 69.4 Å². The molecule has 0 saturated carbocycles. The van der Waals surface area contributed by atoms with Crippen molar-refractivity contribution < 1.29 is 72.1 Å². The van der Waals surface area contributed by atoms with Crippen LogP contribution in [-0.2, 0) is 29.2 Å². The van der Waals surface area contributed by atoms with Crippen LogP contribution in [0.15, 0.2) is 146 Å². The average Bonchev–Trinajstić information content (AvgIpc) is 1.58. The molecule has 29 nitrogen and oxygen atoms in total. The van der Waals surface area contributed by atoms with Crippen LogP contribution in [0, 0.1) is 0 Å². The van der Waals surface area contributed by atoms with Gasteiger partial charge in [0.15, 0.2) is 0 Å². The molecule has 0 unspecified atom stereocenters. The Labute approximate surface area is 697 Å².